The van der Waals surface area contributed by atoms with E-state index in [1.54, 1.807) is 13.8 Å². The van der Waals surface area contributed by atoms with E-state index >= 15 is 0 Å². The second-order valence-electron chi connectivity index (χ2n) is 4.88. The number of phenolic OH excluding ortho intramolecular Hbond substituents is 1. The van der Waals surface area contributed by atoms with Gasteiger partial charge >= 0.3 is 0 Å². The fourth-order valence-electron chi connectivity index (χ4n) is 2.41. The topological polar surface area (TPSA) is 46.3 Å². The zero-order valence-corrected chi connectivity index (χ0v) is 14.2. The van der Waals surface area contributed by atoms with Crippen LogP contribution >= 0.6 is 34.5 Å². The van der Waals surface area contributed by atoms with Gasteiger partial charge in [-0.3, -0.25) is 0 Å². The van der Waals surface area contributed by atoms with Gasteiger partial charge in [0, 0.05) is 22.8 Å². The average Bonchev–Trinajstić information content (AvgIpc) is 2.93. The molecule has 0 saturated carbocycles. The van der Waals surface area contributed by atoms with Gasteiger partial charge in [-0.2, -0.15) is 0 Å². The monoisotopic (exact) mass is 375 g/mol. The number of phenols is 1. The van der Waals surface area contributed by atoms with Crippen LogP contribution < -0.4 is 0 Å². The molecule has 3 rings (SSSR count). The molecule has 0 aliphatic carbocycles. The number of hydrogen-bond donors (Lipinski definition) is 1. The van der Waals surface area contributed by atoms with Crippen molar-refractivity contribution in [1.29, 1.82) is 0 Å². The summed E-state index contributed by atoms with van der Waals surface area (Å²) in [7, 11) is 0. The van der Waals surface area contributed by atoms with E-state index in [-0.39, 0.29) is 15.5 Å². The summed E-state index contributed by atoms with van der Waals surface area (Å²) in [4.78, 5) is 0. The first-order valence-corrected chi connectivity index (χ1v) is 7.98. The molecular formula is C15H9Cl2F2NO2S. The van der Waals surface area contributed by atoms with E-state index < -0.39 is 17.4 Å². The second kappa shape index (κ2) is 5.78. The number of halogens is 4. The van der Waals surface area contributed by atoms with Crippen molar-refractivity contribution in [1.82, 2.24) is 5.16 Å². The molecule has 0 bridgehead atoms. The van der Waals surface area contributed by atoms with E-state index in [4.69, 9.17) is 27.7 Å². The highest BCUT2D eigenvalue weighted by atomic mass is 35.5. The van der Waals surface area contributed by atoms with Gasteiger partial charge in [0.15, 0.2) is 11.6 Å². The maximum absolute atomic E-state index is 14.3. The minimum Gasteiger partial charge on any atom is -0.505 e. The molecule has 0 radical (unpaired) electrons. The van der Waals surface area contributed by atoms with E-state index in [1.165, 1.54) is 0 Å². The van der Waals surface area contributed by atoms with Crippen LogP contribution in [0.1, 0.15) is 11.5 Å². The number of aromatic hydroxyl groups is 1. The molecule has 0 spiro atoms. The molecule has 120 valence electrons. The number of thiophene rings is 1. The van der Waals surface area contributed by atoms with Crippen LogP contribution in [-0.4, -0.2) is 10.3 Å². The number of benzene rings is 1. The molecule has 1 aromatic carbocycles. The van der Waals surface area contributed by atoms with E-state index in [1.807, 2.05) is 0 Å². The van der Waals surface area contributed by atoms with Crippen LogP contribution in [-0.2, 0) is 0 Å². The number of nitrogens with zero attached hydrogens (tertiary/aromatic N) is 1. The van der Waals surface area contributed by atoms with Gasteiger partial charge < -0.3 is 9.63 Å². The number of aromatic nitrogens is 1. The fourth-order valence-corrected chi connectivity index (χ4v) is 4.15. The lowest BCUT2D eigenvalue weighted by Crippen LogP contribution is -1.90. The van der Waals surface area contributed by atoms with Gasteiger partial charge in [-0.05, 0) is 19.9 Å². The Balaban J connectivity index is 2.37. The maximum atomic E-state index is 14.3. The Morgan fingerprint density at radius 1 is 1.04 bits per heavy atom. The Labute approximate surface area is 144 Å². The SMILES string of the molecule is Cc1noc(C)c1-c1c(Cl)sc(Cl)c1-c1cc(F)c(O)cc1F. The van der Waals surface area contributed by atoms with Crippen molar-refractivity contribution in [3.05, 3.63) is 43.9 Å². The summed E-state index contributed by atoms with van der Waals surface area (Å²) < 4.78 is 33.6. The highest BCUT2D eigenvalue weighted by Gasteiger charge is 2.26. The van der Waals surface area contributed by atoms with Crippen molar-refractivity contribution in [2.45, 2.75) is 13.8 Å². The number of rotatable bonds is 2. The Hall–Kier alpha value is -1.63. The summed E-state index contributed by atoms with van der Waals surface area (Å²) in [6.07, 6.45) is 0. The molecule has 2 aromatic heterocycles. The van der Waals surface area contributed by atoms with Crippen LogP contribution in [0.3, 0.4) is 0 Å². The molecule has 0 aliphatic heterocycles. The molecule has 23 heavy (non-hydrogen) atoms. The average molecular weight is 376 g/mol. The molecule has 0 atom stereocenters. The van der Waals surface area contributed by atoms with Crippen LogP contribution in [0.2, 0.25) is 8.67 Å². The lowest BCUT2D eigenvalue weighted by atomic mass is 9.97. The van der Waals surface area contributed by atoms with Crippen molar-refractivity contribution in [3.8, 4) is 28.0 Å². The normalized spacial score (nSPS) is 11.2. The minimum absolute atomic E-state index is 0.0940. The highest BCUT2D eigenvalue weighted by Crippen LogP contribution is 2.50. The molecule has 0 aliphatic rings. The Bertz CT molecular complexity index is 901. The molecule has 0 amide bonds. The molecule has 1 N–H and O–H groups in total. The third-order valence-corrected chi connectivity index (χ3v) is 5.02. The molecule has 0 unspecified atom stereocenters. The first-order valence-electron chi connectivity index (χ1n) is 6.40. The van der Waals surface area contributed by atoms with E-state index in [0.29, 0.717) is 33.0 Å². The molecule has 3 nitrogen and oxygen atoms in total. The zero-order chi connectivity index (χ0) is 16.9. The molecular weight excluding hydrogens is 367 g/mol. The lowest BCUT2D eigenvalue weighted by molar-refractivity contribution is 0.393. The third kappa shape index (κ3) is 2.60. The molecule has 2 heterocycles. The van der Waals surface area contributed by atoms with Gasteiger partial charge in [0.05, 0.1) is 11.3 Å². The van der Waals surface area contributed by atoms with E-state index in [9.17, 15) is 13.9 Å². The Morgan fingerprint density at radius 2 is 1.70 bits per heavy atom. The predicted molar refractivity (Wildman–Crippen MR) is 86.3 cm³/mol. The van der Waals surface area contributed by atoms with Gasteiger partial charge in [0.2, 0.25) is 0 Å². The summed E-state index contributed by atoms with van der Waals surface area (Å²) in [5.74, 6) is -2.06. The van der Waals surface area contributed by atoms with Gasteiger partial charge in [-0.25, -0.2) is 8.78 Å². The third-order valence-electron chi connectivity index (χ3n) is 3.41. The number of aryl methyl sites for hydroxylation is 2. The van der Waals surface area contributed by atoms with Crippen molar-refractivity contribution in [2.24, 2.45) is 0 Å². The van der Waals surface area contributed by atoms with Crippen molar-refractivity contribution >= 4 is 34.5 Å². The van der Waals surface area contributed by atoms with Crippen LogP contribution in [0.25, 0.3) is 22.3 Å². The lowest BCUT2D eigenvalue weighted by Gasteiger charge is -2.08. The minimum atomic E-state index is -0.954. The standard InChI is InChI=1S/C15H9Cl2F2NO2S/c1-5-11(6(2)22-20-5)13-12(14(16)23-15(13)17)7-3-9(19)10(21)4-8(7)18/h3-4,21H,1-2H3. The first kappa shape index (κ1) is 16.2. The van der Waals surface area contributed by atoms with Gasteiger partial charge in [0.1, 0.15) is 20.3 Å². The van der Waals surface area contributed by atoms with Crippen LogP contribution in [0.15, 0.2) is 16.7 Å². The predicted octanol–water partition coefficient (Wildman–Crippen LogP) is 5.98. The van der Waals surface area contributed by atoms with Crippen molar-refractivity contribution in [3.63, 3.8) is 0 Å². The summed E-state index contributed by atoms with van der Waals surface area (Å²) in [5.41, 5.74) is 1.72. The largest absolute Gasteiger partial charge is 0.505 e. The van der Waals surface area contributed by atoms with E-state index in [2.05, 4.69) is 5.16 Å². The quantitative estimate of drug-likeness (QED) is 0.599. The maximum Gasteiger partial charge on any atom is 0.165 e. The smallest absolute Gasteiger partial charge is 0.165 e. The zero-order valence-electron chi connectivity index (χ0n) is 11.9. The number of hydrogen-bond acceptors (Lipinski definition) is 4. The van der Waals surface area contributed by atoms with Crippen LogP contribution in [0.4, 0.5) is 8.78 Å². The fraction of sp³-hybridized carbons (Fsp3) is 0.133. The van der Waals surface area contributed by atoms with Gasteiger partial charge in [0.25, 0.3) is 0 Å². The molecule has 0 fully saturated rings. The summed E-state index contributed by atoms with van der Waals surface area (Å²) >= 11 is 13.5. The van der Waals surface area contributed by atoms with Crippen molar-refractivity contribution in [2.75, 3.05) is 0 Å². The molecule has 8 heteroatoms. The molecule has 0 saturated heterocycles. The van der Waals surface area contributed by atoms with E-state index in [0.717, 1.165) is 17.4 Å². The first-order chi connectivity index (χ1) is 10.8. The highest BCUT2D eigenvalue weighted by molar-refractivity contribution is 7.21. The summed E-state index contributed by atoms with van der Waals surface area (Å²) in [5, 5.41) is 13.1. The summed E-state index contributed by atoms with van der Waals surface area (Å²) in [6.45, 7) is 3.40. The van der Waals surface area contributed by atoms with Gasteiger partial charge in [-0.1, -0.05) is 28.4 Å². The van der Waals surface area contributed by atoms with Gasteiger partial charge in [-0.15, -0.1) is 11.3 Å². The molecule has 3 aromatic rings. The van der Waals surface area contributed by atoms with Crippen molar-refractivity contribution < 1.29 is 18.4 Å². The van der Waals surface area contributed by atoms with Crippen LogP contribution in [0.5, 0.6) is 5.75 Å². The Kier molecular flexibility index (Phi) is 4.08. The van der Waals surface area contributed by atoms with Crippen LogP contribution in [0, 0.1) is 25.5 Å². The second-order valence-corrected chi connectivity index (χ2v) is 7.11. The summed E-state index contributed by atoms with van der Waals surface area (Å²) in [6, 6.07) is 1.58. The Morgan fingerprint density at radius 3 is 2.30 bits per heavy atom.